The lowest BCUT2D eigenvalue weighted by Gasteiger charge is -2.21. The van der Waals surface area contributed by atoms with E-state index in [9.17, 15) is 19.8 Å². The number of nitrogens with one attached hydrogen (secondary N) is 1. The van der Waals surface area contributed by atoms with Gasteiger partial charge in [-0.1, -0.05) is 36.4 Å². The van der Waals surface area contributed by atoms with Crippen molar-refractivity contribution in [3.05, 3.63) is 65.2 Å². The summed E-state index contributed by atoms with van der Waals surface area (Å²) >= 11 is 0. The molecule has 2 atom stereocenters. The van der Waals surface area contributed by atoms with Crippen LogP contribution in [0.3, 0.4) is 0 Å². The minimum Gasteiger partial charge on any atom is -0.492 e. The molecule has 2 unspecified atom stereocenters. The number of alkyl carbamates (subject to hydrolysis) is 1. The Labute approximate surface area is 162 Å². The molecule has 1 heterocycles. The molecular weight excluding hydrogens is 362 g/mol. The number of fused-ring (bicyclic) bond motifs is 1. The van der Waals surface area contributed by atoms with Crippen molar-refractivity contribution in [3.63, 3.8) is 0 Å². The Morgan fingerprint density at radius 1 is 1.18 bits per heavy atom. The number of carbonyl (C=O) groups excluding carboxylic acids is 2. The largest absolute Gasteiger partial charge is 0.492 e. The Morgan fingerprint density at radius 2 is 1.96 bits per heavy atom. The molecule has 0 fully saturated rings. The SMILES string of the molecule is O=C(NCCC(O)C(O)c1ccc2c(c1)C(=O)CCO2)OCc1ccccc1. The first-order chi connectivity index (χ1) is 13.5. The lowest BCUT2D eigenvalue weighted by atomic mass is 9.96. The normalized spacial score (nSPS) is 15.1. The van der Waals surface area contributed by atoms with E-state index in [1.54, 1.807) is 18.2 Å². The number of benzene rings is 2. The maximum absolute atomic E-state index is 12.0. The monoisotopic (exact) mass is 385 g/mol. The molecule has 0 spiro atoms. The number of hydrogen-bond acceptors (Lipinski definition) is 6. The van der Waals surface area contributed by atoms with Gasteiger partial charge in [-0.15, -0.1) is 0 Å². The quantitative estimate of drug-likeness (QED) is 0.676. The summed E-state index contributed by atoms with van der Waals surface area (Å²) in [5.41, 5.74) is 1.72. The third-order valence-electron chi connectivity index (χ3n) is 4.52. The number of ether oxygens (including phenoxy) is 2. The molecule has 0 saturated heterocycles. The highest BCUT2D eigenvalue weighted by atomic mass is 16.5. The summed E-state index contributed by atoms with van der Waals surface area (Å²) in [7, 11) is 0. The molecule has 0 aromatic heterocycles. The van der Waals surface area contributed by atoms with Gasteiger partial charge in [-0.25, -0.2) is 4.79 Å². The molecule has 0 radical (unpaired) electrons. The van der Waals surface area contributed by atoms with Gasteiger partial charge >= 0.3 is 6.09 Å². The zero-order chi connectivity index (χ0) is 19.9. The predicted octanol–water partition coefficient (Wildman–Crippen LogP) is 2.36. The van der Waals surface area contributed by atoms with Gasteiger partial charge in [0.05, 0.1) is 18.3 Å². The van der Waals surface area contributed by atoms with E-state index >= 15 is 0 Å². The fraction of sp³-hybridized carbons (Fsp3) is 0.333. The summed E-state index contributed by atoms with van der Waals surface area (Å²) in [6.45, 7) is 0.643. The number of Topliss-reactive ketones (excluding diaryl/α,β-unsaturated/α-hetero) is 1. The van der Waals surface area contributed by atoms with Crippen molar-refractivity contribution in [2.24, 2.45) is 0 Å². The molecule has 2 aromatic carbocycles. The summed E-state index contributed by atoms with van der Waals surface area (Å²) in [6, 6.07) is 14.1. The smallest absolute Gasteiger partial charge is 0.407 e. The predicted molar refractivity (Wildman–Crippen MR) is 101 cm³/mol. The fourth-order valence-electron chi connectivity index (χ4n) is 2.94. The topological polar surface area (TPSA) is 105 Å². The number of rotatable bonds is 7. The summed E-state index contributed by atoms with van der Waals surface area (Å²) in [4.78, 5) is 23.7. The van der Waals surface area contributed by atoms with Crippen LogP contribution in [0.2, 0.25) is 0 Å². The number of aliphatic hydroxyl groups is 2. The van der Waals surface area contributed by atoms with E-state index in [0.717, 1.165) is 5.56 Å². The molecule has 1 aliphatic rings. The minimum absolute atomic E-state index is 0.0485. The first-order valence-corrected chi connectivity index (χ1v) is 9.15. The third-order valence-corrected chi connectivity index (χ3v) is 4.52. The molecule has 7 heteroatoms. The van der Waals surface area contributed by atoms with E-state index in [-0.39, 0.29) is 25.4 Å². The van der Waals surface area contributed by atoms with E-state index in [4.69, 9.17) is 9.47 Å². The molecule has 0 bridgehead atoms. The van der Waals surface area contributed by atoms with Crippen LogP contribution in [0.4, 0.5) is 4.79 Å². The van der Waals surface area contributed by atoms with Crippen LogP contribution in [0, 0.1) is 0 Å². The van der Waals surface area contributed by atoms with Gasteiger partial charge < -0.3 is 25.0 Å². The second-order valence-corrected chi connectivity index (χ2v) is 6.57. The van der Waals surface area contributed by atoms with Gasteiger partial charge in [0, 0.05) is 13.0 Å². The van der Waals surface area contributed by atoms with Crippen LogP contribution < -0.4 is 10.1 Å². The molecule has 148 valence electrons. The third kappa shape index (κ3) is 5.09. The average Bonchev–Trinajstić information content (AvgIpc) is 2.72. The second kappa shape index (κ2) is 9.34. The van der Waals surface area contributed by atoms with Gasteiger partial charge in [-0.05, 0) is 29.7 Å². The first kappa shape index (κ1) is 19.9. The van der Waals surface area contributed by atoms with Crippen molar-refractivity contribution < 1.29 is 29.3 Å². The second-order valence-electron chi connectivity index (χ2n) is 6.57. The van der Waals surface area contributed by atoms with Crippen molar-refractivity contribution >= 4 is 11.9 Å². The summed E-state index contributed by atoms with van der Waals surface area (Å²) in [5.74, 6) is 0.442. The highest BCUT2D eigenvalue weighted by molar-refractivity contribution is 5.99. The van der Waals surface area contributed by atoms with Gasteiger partial charge in [0.1, 0.15) is 18.5 Å². The molecule has 3 rings (SSSR count). The first-order valence-electron chi connectivity index (χ1n) is 9.15. The number of hydrogen-bond donors (Lipinski definition) is 3. The molecular formula is C21H23NO6. The van der Waals surface area contributed by atoms with Crippen molar-refractivity contribution in [3.8, 4) is 5.75 Å². The Morgan fingerprint density at radius 3 is 2.75 bits per heavy atom. The van der Waals surface area contributed by atoms with Crippen molar-refractivity contribution in [2.45, 2.75) is 31.7 Å². The lowest BCUT2D eigenvalue weighted by molar-refractivity contribution is 0.0135. The summed E-state index contributed by atoms with van der Waals surface area (Å²) in [6.07, 6.45) is -2.45. The fourth-order valence-corrected chi connectivity index (χ4v) is 2.94. The van der Waals surface area contributed by atoms with Gasteiger partial charge in [0.25, 0.3) is 0 Å². The molecule has 0 aliphatic carbocycles. The Balaban J connectivity index is 1.45. The van der Waals surface area contributed by atoms with Crippen LogP contribution >= 0.6 is 0 Å². The highest BCUT2D eigenvalue weighted by Crippen LogP contribution is 2.29. The molecule has 28 heavy (non-hydrogen) atoms. The molecule has 3 N–H and O–H groups in total. The van der Waals surface area contributed by atoms with E-state index < -0.39 is 18.3 Å². The van der Waals surface area contributed by atoms with E-state index in [1.165, 1.54) is 0 Å². The standard InChI is InChI=1S/C21H23NO6/c23-17-9-11-27-19-7-6-15(12-16(17)19)20(25)18(24)8-10-22-21(26)28-13-14-4-2-1-3-5-14/h1-7,12,18,20,24-25H,8-11,13H2,(H,22,26). The number of ketones is 1. The summed E-state index contributed by atoms with van der Waals surface area (Å²) < 4.78 is 10.5. The zero-order valence-corrected chi connectivity index (χ0v) is 15.3. The van der Waals surface area contributed by atoms with E-state index in [0.29, 0.717) is 29.9 Å². The van der Waals surface area contributed by atoms with Gasteiger partial charge in [0.2, 0.25) is 0 Å². The van der Waals surface area contributed by atoms with Crippen LogP contribution in [0.15, 0.2) is 48.5 Å². The molecule has 1 aliphatic heterocycles. The number of aliphatic hydroxyl groups excluding tert-OH is 2. The van der Waals surface area contributed by atoms with E-state index in [2.05, 4.69) is 5.32 Å². The van der Waals surface area contributed by atoms with Crippen molar-refractivity contribution in [1.29, 1.82) is 0 Å². The van der Waals surface area contributed by atoms with E-state index in [1.807, 2.05) is 30.3 Å². The highest BCUT2D eigenvalue weighted by Gasteiger charge is 2.23. The number of carbonyl (C=O) groups is 2. The van der Waals surface area contributed by atoms with Crippen molar-refractivity contribution in [2.75, 3.05) is 13.2 Å². The maximum Gasteiger partial charge on any atom is 0.407 e. The van der Waals surface area contributed by atoms with Crippen LogP contribution in [0.5, 0.6) is 5.75 Å². The van der Waals surface area contributed by atoms with Gasteiger partial charge in [-0.2, -0.15) is 0 Å². The van der Waals surface area contributed by atoms with Crippen LogP contribution in [-0.2, 0) is 11.3 Å². The molecule has 0 saturated carbocycles. The van der Waals surface area contributed by atoms with Gasteiger partial charge in [-0.3, -0.25) is 4.79 Å². The average molecular weight is 385 g/mol. The Kier molecular flexibility index (Phi) is 6.62. The Hall–Kier alpha value is -2.90. The minimum atomic E-state index is -1.18. The number of amides is 1. The van der Waals surface area contributed by atoms with Crippen molar-refractivity contribution in [1.82, 2.24) is 5.32 Å². The maximum atomic E-state index is 12.0. The molecule has 2 aromatic rings. The van der Waals surface area contributed by atoms with Gasteiger partial charge in [0.15, 0.2) is 5.78 Å². The van der Waals surface area contributed by atoms with Crippen LogP contribution in [0.25, 0.3) is 0 Å². The molecule has 1 amide bonds. The molecule has 7 nitrogen and oxygen atoms in total. The zero-order valence-electron chi connectivity index (χ0n) is 15.3. The Bertz CT molecular complexity index is 823. The lowest BCUT2D eigenvalue weighted by Crippen LogP contribution is -2.30. The van der Waals surface area contributed by atoms with Crippen LogP contribution in [0.1, 0.15) is 40.4 Å². The van der Waals surface area contributed by atoms with Crippen LogP contribution in [-0.4, -0.2) is 41.3 Å². The summed E-state index contributed by atoms with van der Waals surface area (Å²) in [5, 5.41) is 23.1.